The Balaban J connectivity index is 1.43. The van der Waals surface area contributed by atoms with E-state index in [1.54, 1.807) is 24.5 Å². The first-order chi connectivity index (χ1) is 13.3. The Kier molecular flexibility index (Phi) is 5.30. The molecule has 0 radical (unpaired) electrons. The molecule has 1 atom stereocenters. The van der Waals surface area contributed by atoms with Crippen molar-refractivity contribution in [2.45, 2.75) is 25.3 Å². The summed E-state index contributed by atoms with van der Waals surface area (Å²) in [6, 6.07) is 10.6. The van der Waals surface area contributed by atoms with Gasteiger partial charge in [-0.3, -0.25) is 4.98 Å². The van der Waals surface area contributed by atoms with Crippen molar-refractivity contribution < 1.29 is 4.39 Å². The van der Waals surface area contributed by atoms with Gasteiger partial charge in [-0.2, -0.15) is 0 Å². The maximum Gasteiger partial charge on any atom is 0.160 e. The molecule has 5 heteroatoms. The van der Waals surface area contributed by atoms with Crippen LogP contribution in [0.3, 0.4) is 0 Å². The molecule has 1 N–H and O–H groups in total. The van der Waals surface area contributed by atoms with E-state index in [2.05, 4.69) is 21.4 Å². The quantitative estimate of drug-likeness (QED) is 0.735. The van der Waals surface area contributed by atoms with Crippen LogP contribution in [0.25, 0.3) is 17.5 Å². The first-order valence-corrected chi connectivity index (χ1v) is 9.21. The van der Waals surface area contributed by atoms with Gasteiger partial charge in [0.2, 0.25) is 0 Å². The van der Waals surface area contributed by atoms with Gasteiger partial charge in [0.05, 0.1) is 0 Å². The maximum atomic E-state index is 12.9. The van der Waals surface area contributed by atoms with E-state index < -0.39 is 0 Å². The van der Waals surface area contributed by atoms with Gasteiger partial charge in [-0.05, 0) is 49.1 Å². The van der Waals surface area contributed by atoms with Gasteiger partial charge < -0.3 is 5.32 Å². The molecule has 0 aliphatic heterocycles. The number of hydrogen-bond acceptors (Lipinski definition) is 4. The predicted octanol–water partition coefficient (Wildman–Crippen LogP) is 4.36. The minimum atomic E-state index is -0.213. The summed E-state index contributed by atoms with van der Waals surface area (Å²) < 4.78 is 12.9. The summed E-state index contributed by atoms with van der Waals surface area (Å²) in [6.07, 6.45) is 12.7. The highest BCUT2D eigenvalue weighted by molar-refractivity contribution is 5.53. The van der Waals surface area contributed by atoms with Crippen molar-refractivity contribution in [3.63, 3.8) is 0 Å². The molecule has 0 saturated carbocycles. The Morgan fingerprint density at radius 1 is 1.15 bits per heavy atom. The third-order valence-corrected chi connectivity index (χ3v) is 4.76. The van der Waals surface area contributed by atoms with Crippen LogP contribution in [-0.4, -0.2) is 21.5 Å². The minimum Gasteiger partial charge on any atom is -0.306 e. The van der Waals surface area contributed by atoms with Gasteiger partial charge in [-0.15, -0.1) is 0 Å². The third kappa shape index (κ3) is 4.26. The number of pyridine rings is 1. The number of hydrogen-bond donors (Lipinski definition) is 1. The predicted molar refractivity (Wildman–Crippen MR) is 104 cm³/mol. The molecular weight excluding hydrogens is 339 g/mol. The van der Waals surface area contributed by atoms with Gasteiger partial charge in [0.1, 0.15) is 5.82 Å². The fraction of sp³-hybridized carbons (Fsp3) is 0.227. The molecule has 4 rings (SSSR count). The van der Waals surface area contributed by atoms with Crippen LogP contribution in [0.15, 0.2) is 61.1 Å². The Morgan fingerprint density at radius 3 is 2.85 bits per heavy atom. The molecule has 0 fully saturated rings. The van der Waals surface area contributed by atoms with E-state index in [1.165, 1.54) is 17.7 Å². The van der Waals surface area contributed by atoms with Crippen molar-refractivity contribution in [1.29, 1.82) is 0 Å². The van der Waals surface area contributed by atoms with Crippen LogP contribution >= 0.6 is 0 Å². The fourth-order valence-electron chi connectivity index (χ4n) is 3.37. The summed E-state index contributed by atoms with van der Waals surface area (Å²) in [7, 11) is 0. The van der Waals surface area contributed by atoms with Crippen molar-refractivity contribution >= 4 is 6.08 Å². The Bertz CT molecular complexity index is 923. The van der Waals surface area contributed by atoms with Gasteiger partial charge in [-0.25, -0.2) is 14.4 Å². The minimum absolute atomic E-state index is 0.213. The van der Waals surface area contributed by atoms with E-state index in [9.17, 15) is 4.39 Å². The number of benzene rings is 1. The first kappa shape index (κ1) is 17.5. The lowest BCUT2D eigenvalue weighted by atomic mass is 9.92. The Hall–Kier alpha value is -2.92. The molecule has 3 aromatic rings. The molecule has 0 spiro atoms. The number of fused-ring (bicyclic) bond motifs is 1. The van der Waals surface area contributed by atoms with Gasteiger partial charge >= 0.3 is 0 Å². The van der Waals surface area contributed by atoms with Crippen molar-refractivity contribution in [3.05, 3.63) is 83.7 Å². The Labute approximate surface area is 158 Å². The lowest BCUT2D eigenvalue weighted by Crippen LogP contribution is -2.26. The van der Waals surface area contributed by atoms with Crippen LogP contribution in [0.5, 0.6) is 0 Å². The highest BCUT2D eigenvalue weighted by Crippen LogP contribution is 2.29. The normalized spacial score (nSPS) is 16.4. The zero-order valence-electron chi connectivity index (χ0n) is 15.0. The number of aryl methyl sites for hydroxylation is 1. The van der Waals surface area contributed by atoms with Crippen LogP contribution in [0.4, 0.5) is 4.39 Å². The molecule has 136 valence electrons. The van der Waals surface area contributed by atoms with Crippen molar-refractivity contribution in [2.24, 2.45) is 0 Å². The molecule has 1 aromatic carbocycles. The highest BCUT2D eigenvalue weighted by Gasteiger charge is 2.21. The molecule has 0 saturated heterocycles. The summed E-state index contributed by atoms with van der Waals surface area (Å²) in [6.45, 7) is 0.742. The highest BCUT2D eigenvalue weighted by atomic mass is 19.1. The largest absolute Gasteiger partial charge is 0.306 e. The second kappa shape index (κ2) is 8.18. The number of nitrogens with one attached hydrogen (secondary N) is 1. The fourth-order valence-corrected chi connectivity index (χ4v) is 3.37. The third-order valence-electron chi connectivity index (χ3n) is 4.76. The number of aromatic nitrogens is 3. The molecular formula is C22H21FN4. The van der Waals surface area contributed by atoms with Crippen LogP contribution in [0, 0.1) is 5.82 Å². The van der Waals surface area contributed by atoms with E-state index in [0.717, 1.165) is 48.5 Å². The standard InChI is InChI=1S/C22H21FN4/c23-18-10-8-16(9-11-18)4-2-13-25-20-6-1-7-21-19(20)15-26-22(27-21)17-5-3-12-24-14-17/h2-5,8-12,14-15,20,25H,1,6-7,13H2/b4-2+. The summed E-state index contributed by atoms with van der Waals surface area (Å²) in [4.78, 5) is 13.5. The second-order valence-electron chi connectivity index (χ2n) is 6.64. The molecule has 0 amide bonds. The van der Waals surface area contributed by atoms with Crippen LogP contribution in [-0.2, 0) is 6.42 Å². The topological polar surface area (TPSA) is 50.7 Å². The van der Waals surface area contributed by atoms with E-state index in [4.69, 9.17) is 4.98 Å². The molecule has 1 unspecified atom stereocenters. The average molecular weight is 360 g/mol. The van der Waals surface area contributed by atoms with E-state index in [0.29, 0.717) is 0 Å². The van der Waals surface area contributed by atoms with Gasteiger partial charge in [0.15, 0.2) is 5.82 Å². The van der Waals surface area contributed by atoms with E-state index >= 15 is 0 Å². The van der Waals surface area contributed by atoms with Crippen LogP contribution < -0.4 is 5.32 Å². The molecule has 4 nitrogen and oxygen atoms in total. The molecule has 2 aromatic heterocycles. The average Bonchev–Trinajstić information content (AvgIpc) is 2.73. The molecule has 1 aliphatic carbocycles. The van der Waals surface area contributed by atoms with Gasteiger partial charge in [0.25, 0.3) is 0 Å². The summed E-state index contributed by atoms with van der Waals surface area (Å²) in [5.74, 6) is 0.522. The van der Waals surface area contributed by atoms with Crippen LogP contribution in [0.1, 0.15) is 35.7 Å². The lowest BCUT2D eigenvalue weighted by Gasteiger charge is -2.25. The van der Waals surface area contributed by atoms with Gasteiger partial charge in [-0.1, -0.05) is 24.3 Å². The maximum absolute atomic E-state index is 12.9. The van der Waals surface area contributed by atoms with Crippen LogP contribution in [0.2, 0.25) is 0 Å². The number of halogens is 1. The molecule has 0 bridgehead atoms. The molecule has 1 aliphatic rings. The SMILES string of the molecule is Fc1ccc(/C=C/CNC2CCCc3nc(-c4cccnc4)ncc32)cc1. The monoisotopic (exact) mass is 360 g/mol. The van der Waals surface area contributed by atoms with Crippen molar-refractivity contribution in [3.8, 4) is 11.4 Å². The zero-order chi connectivity index (χ0) is 18.5. The van der Waals surface area contributed by atoms with Crippen molar-refractivity contribution in [2.75, 3.05) is 6.54 Å². The lowest BCUT2D eigenvalue weighted by molar-refractivity contribution is 0.473. The van der Waals surface area contributed by atoms with E-state index in [-0.39, 0.29) is 11.9 Å². The first-order valence-electron chi connectivity index (χ1n) is 9.21. The number of rotatable bonds is 5. The molecule has 27 heavy (non-hydrogen) atoms. The summed E-state index contributed by atoms with van der Waals surface area (Å²) in [5.41, 5.74) is 4.24. The summed E-state index contributed by atoms with van der Waals surface area (Å²) in [5, 5.41) is 3.57. The van der Waals surface area contributed by atoms with Gasteiger partial charge in [0, 0.05) is 48.0 Å². The second-order valence-corrected chi connectivity index (χ2v) is 6.64. The zero-order valence-corrected chi connectivity index (χ0v) is 15.0. The van der Waals surface area contributed by atoms with E-state index in [1.807, 2.05) is 24.4 Å². The summed E-state index contributed by atoms with van der Waals surface area (Å²) >= 11 is 0. The molecule has 2 heterocycles. The van der Waals surface area contributed by atoms with Crippen molar-refractivity contribution in [1.82, 2.24) is 20.3 Å². The Morgan fingerprint density at radius 2 is 2.04 bits per heavy atom. The smallest absolute Gasteiger partial charge is 0.160 e. The number of nitrogens with zero attached hydrogens (tertiary/aromatic N) is 3.